The number of rotatable bonds is 4. The molecule has 2 heterocycles. The summed E-state index contributed by atoms with van der Waals surface area (Å²) in [6.45, 7) is 2.88. The molecule has 0 amide bonds. The summed E-state index contributed by atoms with van der Waals surface area (Å²) in [5.41, 5.74) is -0.353. The summed E-state index contributed by atoms with van der Waals surface area (Å²) in [6.07, 6.45) is 0.891. The number of thiophene rings is 1. The number of thioether (sulfide) groups is 1. The maximum atomic E-state index is 12.5. The van der Waals surface area contributed by atoms with Crippen molar-refractivity contribution in [1.82, 2.24) is 4.31 Å². The highest BCUT2D eigenvalue weighted by atomic mass is 35.5. The Bertz CT molecular complexity index is 616. The summed E-state index contributed by atoms with van der Waals surface area (Å²) in [6, 6.07) is 1.05. The van der Waals surface area contributed by atoms with Crippen LogP contribution >= 0.6 is 34.7 Å². The number of hydrogen-bond donors (Lipinski definition) is 0. The van der Waals surface area contributed by atoms with E-state index in [1.807, 2.05) is 6.92 Å². The monoisotopic (exact) mass is 356 g/mol. The molecule has 0 aliphatic carbocycles. The zero-order valence-corrected chi connectivity index (χ0v) is 13.8. The second-order valence-corrected chi connectivity index (χ2v) is 9.47. The second kappa shape index (κ2) is 6.18. The van der Waals surface area contributed by atoms with Gasteiger partial charge < -0.3 is 0 Å². The molecule has 1 fully saturated rings. The molecule has 0 N–H and O–H groups in total. The lowest BCUT2D eigenvalue weighted by Gasteiger charge is -2.30. The molecule has 1 aromatic heterocycles. The normalized spacial score (nSPS) is 21.0. The van der Waals surface area contributed by atoms with Crippen molar-refractivity contribution in [1.29, 1.82) is 0 Å². The fourth-order valence-electron chi connectivity index (χ4n) is 1.87. The molecule has 0 spiro atoms. The predicted molar refractivity (Wildman–Crippen MR) is 81.3 cm³/mol. The number of hydrogen-bond acceptors (Lipinski definition) is 6. The number of nitro groups is 1. The smallest absolute Gasteiger partial charge is 0.258 e. The van der Waals surface area contributed by atoms with Gasteiger partial charge in [0.1, 0.15) is 4.21 Å². The molecule has 112 valence electrons. The standard InChI is InChI=1S/C10H13ClN2O4S3/c1-2-7-6-12(3-4-18-7)20(16,17)9-5-8(13(14)15)10(11)19-9/h5,7H,2-4,6H2,1H3. The Kier molecular flexibility index (Phi) is 4.96. The van der Waals surface area contributed by atoms with Crippen molar-refractivity contribution in [2.75, 3.05) is 18.8 Å². The van der Waals surface area contributed by atoms with Crippen LogP contribution in [0.4, 0.5) is 5.69 Å². The molecule has 20 heavy (non-hydrogen) atoms. The van der Waals surface area contributed by atoms with E-state index < -0.39 is 14.9 Å². The van der Waals surface area contributed by atoms with Crippen LogP contribution in [0.15, 0.2) is 10.3 Å². The molecular formula is C10H13ClN2O4S3. The lowest BCUT2D eigenvalue weighted by molar-refractivity contribution is -0.384. The number of sulfonamides is 1. The number of nitrogens with zero attached hydrogens (tertiary/aromatic N) is 2. The van der Waals surface area contributed by atoms with Crippen LogP contribution in [0, 0.1) is 10.1 Å². The third-order valence-electron chi connectivity index (χ3n) is 2.99. The molecule has 1 aliphatic rings. The molecule has 0 radical (unpaired) electrons. The fraction of sp³-hybridized carbons (Fsp3) is 0.600. The third-order valence-corrected chi connectivity index (χ3v) is 8.02. The first-order valence-electron chi connectivity index (χ1n) is 5.91. The molecule has 1 aliphatic heterocycles. The topological polar surface area (TPSA) is 80.5 Å². The zero-order chi connectivity index (χ0) is 14.9. The highest BCUT2D eigenvalue weighted by molar-refractivity contribution is 8.00. The van der Waals surface area contributed by atoms with Crippen LogP contribution in [0.3, 0.4) is 0 Å². The van der Waals surface area contributed by atoms with Gasteiger partial charge in [-0.3, -0.25) is 10.1 Å². The SMILES string of the molecule is CCC1CN(S(=O)(=O)c2cc([N+](=O)[O-])c(Cl)s2)CCS1. The Morgan fingerprint density at radius 3 is 2.85 bits per heavy atom. The highest BCUT2D eigenvalue weighted by Crippen LogP contribution is 2.38. The van der Waals surface area contributed by atoms with Crippen LogP contribution < -0.4 is 0 Å². The van der Waals surface area contributed by atoms with Crippen molar-refractivity contribution in [2.45, 2.75) is 22.8 Å². The van der Waals surface area contributed by atoms with Gasteiger partial charge >= 0.3 is 0 Å². The molecule has 10 heteroatoms. The van der Waals surface area contributed by atoms with Crippen LogP contribution in [0.1, 0.15) is 13.3 Å². The average molecular weight is 357 g/mol. The molecule has 1 aromatic rings. The molecule has 6 nitrogen and oxygen atoms in total. The second-order valence-electron chi connectivity index (χ2n) is 4.25. The van der Waals surface area contributed by atoms with Crippen molar-refractivity contribution in [3.05, 3.63) is 20.5 Å². The average Bonchev–Trinajstić information content (AvgIpc) is 2.82. The van der Waals surface area contributed by atoms with E-state index in [4.69, 9.17) is 11.6 Å². The molecule has 1 unspecified atom stereocenters. The Balaban J connectivity index is 2.30. The van der Waals surface area contributed by atoms with Crippen molar-refractivity contribution >= 4 is 50.4 Å². The lowest BCUT2D eigenvalue weighted by Crippen LogP contribution is -2.41. The summed E-state index contributed by atoms with van der Waals surface area (Å²) in [7, 11) is -3.69. The zero-order valence-electron chi connectivity index (χ0n) is 10.6. The Hall–Kier alpha value is -0.350. The van der Waals surface area contributed by atoms with E-state index in [2.05, 4.69) is 0 Å². The van der Waals surface area contributed by atoms with E-state index >= 15 is 0 Å². The Morgan fingerprint density at radius 2 is 2.30 bits per heavy atom. The maximum Gasteiger partial charge on any atom is 0.300 e. The summed E-state index contributed by atoms with van der Waals surface area (Å²) in [5, 5.41) is 11.0. The summed E-state index contributed by atoms with van der Waals surface area (Å²) >= 11 is 8.22. The predicted octanol–water partition coefficient (Wildman–Crippen LogP) is 2.83. The van der Waals surface area contributed by atoms with Crippen LogP contribution in [-0.2, 0) is 10.0 Å². The van der Waals surface area contributed by atoms with Gasteiger partial charge in [-0.1, -0.05) is 18.5 Å². The summed E-state index contributed by atoms with van der Waals surface area (Å²) in [4.78, 5) is 10.1. The molecular weight excluding hydrogens is 344 g/mol. The van der Waals surface area contributed by atoms with Gasteiger partial charge in [0.05, 0.1) is 4.92 Å². The van der Waals surface area contributed by atoms with Gasteiger partial charge in [0, 0.05) is 30.2 Å². The largest absolute Gasteiger partial charge is 0.300 e. The Labute approximate surface area is 130 Å². The van der Waals surface area contributed by atoms with E-state index in [9.17, 15) is 18.5 Å². The van der Waals surface area contributed by atoms with Gasteiger partial charge in [0.2, 0.25) is 0 Å². The van der Waals surface area contributed by atoms with Crippen molar-refractivity contribution in [3.8, 4) is 0 Å². The van der Waals surface area contributed by atoms with Gasteiger partial charge in [-0.25, -0.2) is 8.42 Å². The molecule has 1 atom stereocenters. The molecule has 0 aromatic carbocycles. The highest BCUT2D eigenvalue weighted by Gasteiger charge is 2.33. The van der Waals surface area contributed by atoms with E-state index in [0.717, 1.165) is 29.6 Å². The van der Waals surface area contributed by atoms with E-state index in [-0.39, 0.29) is 19.5 Å². The molecule has 1 saturated heterocycles. The van der Waals surface area contributed by atoms with Gasteiger partial charge in [-0.05, 0) is 6.42 Å². The van der Waals surface area contributed by atoms with E-state index in [1.165, 1.54) is 4.31 Å². The van der Waals surface area contributed by atoms with Crippen LogP contribution in [0.25, 0.3) is 0 Å². The van der Waals surface area contributed by atoms with Gasteiger partial charge in [-0.2, -0.15) is 16.1 Å². The minimum atomic E-state index is -3.69. The Morgan fingerprint density at radius 1 is 1.60 bits per heavy atom. The fourth-order valence-corrected chi connectivity index (χ4v) is 6.57. The molecule has 0 saturated carbocycles. The molecule has 2 rings (SSSR count). The van der Waals surface area contributed by atoms with Gasteiger partial charge in [0.25, 0.3) is 15.7 Å². The summed E-state index contributed by atoms with van der Waals surface area (Å²) in [5.74, 6) is 0.735. The first-order chi connectivity index (χ1) is 9.36. The maximum absolute atomic E-state index is 12.5. The van der Waals surface area contributed by atoms with Crippen LogP contribution in [0.5, 0.6) is 0 Å². The van der Waals surface area contributed by atoms with E-state index in [0.29, 0.717) is 13.1 Å². The van der Waals surface area contributed by atoms with E-state index in [1.54, 1.807) is 11.8 Å². The number of halogens is 1. The van der Waals surface area contributed by atoms with Crippen molar-refractivity contribution in [3.63, 3.8) is 0 Å². The quantitative estimate of drug-likeness (QED) is 0.612. The van der Waals surface area contributed by atoms with Gasteiger partial charge in [-0.15, -0.1) is 11.3 Å². The van der Waals surface area contributed by atoms with Gasteiger partial charge in [0.15, 0.2) is 4.34 Å². The molecule has 0 bridgehead atoms. The van der Waals surface area contributed by atoms with Crippen LogP contribution in [-0.4, -0.2) is 41.7 Å². The van der Waals surface area contributed by atoms with Crippen molar-refractivity contribution < 1.29 is 13.3 Å². The minimum absolute atomic E-state index is 0.0593. The first-order valence-corrected chi connectivity index (χ1v) is 9.60. The van der Waals surface area contributed by atoms with Crippen molar-refractivity contribution in [2.24, 2.45) is 0 Å². The third kappa shape index (κ3) is 3.11. The minimum Gasteiger partial charge on any atom is -0.258 e. The first kappa shape index (κ1) is 16.0. The summed E-state index contributed by atoms with van der Waals surface area (Å²) < 4.78 is 26.2. The van der Waals surface area contributed by atoms with Crippen LogP contribution in [0.2, 0.25) is 4.34 Å². The lowest BCUT2D eigenvalue weighted by atomic mass is 10.3.